The molecule has 2 bridgehead atoms. The standard InChI is InChI=1S/C24H28N6O3/c1-24(32)10-17-3-4-18(11-24)30(17)23(31)29-6-7-33-20-5-2-14(8-16(20)13-29)15-9-19-21(26-12-15)28-22(25)27-19/h2,5,8-9,12,17-18,32H,3-4,6-7,10-11,13H2,1H3,(H3,25,26,27,28). The predicted octanol–water partition coefficient (Wildman–Crippen LogP) is 2.90. The highest BCUT2D eigenvalue weighted by Crippen LogP contribution is 2.41. The molecule has 0 spiro atoms. The Morgan fingerprint density at radius 3 is 2.82 bits per heavy atom. The molecular formula is C24H28N6O3. The van der Waals surface area contributed by atoms with Crippen LogP contribution in [0.1, 0.15) is 38.2 Å². The zero-order valence-electron chi connectivity index (χ0n) is 18.6. The Labute approximate surface area is 191 Å². The zero-order valence-corrected chi connectivity index (χ0v) is 18.6. The molecular weight excluding hydrogens is 420 g/mol. The number of carbonyl (C=O) groups is 1. The summed E-state index contributed by atoms with van der Waals surface area (Å²) in [6.07, 6.45) is 5.00. The summed E-state index contributed by atoms with van der Waals surface area (Å²) in [4.78, 5) is 29.1. The second-order valence-corrected chi connectivity index (χ2v) is 9.79. The van der Waals surface area contributed by atoms with Gasteiger partial charge in [0.2, 0.25) is 0 Å². The highest BCUT2D eigenvalue weighted by atomic mass is 16.5. The number of nitrogens with zero attached hydrogens (tertiary/aromatic N) is 4. The number of nitrogens with one attached hydrogen (secondary N) is 1. The van der Waals surface area contributed by atoms with Crippen molar-refractivity contribution in [2.75, 3.05) is 18.9 Å². The largest absolute Gasteiger partial charge is 0.491 e. The van der Waals surface area contributed by atoms with E-state index in [0.29, 0.717) is 44.1 Å². The number of amides is 2. The van der Waals surface area contributed by atoms with Crippen LogP contribution in [0, 0.1) is 0 Å². The Balaban J connectivity index is 1.27. The first kappa shape index (κ1) is 20.3. The van der Waals surface area contributed by atoms with Crippen molar-refractivity contribution in [3.05, 3.63) is 36.0 Å². The summed E-state index contributed by atoms with van der Waals surface area (Å²) in [5.41, 5.74) is 9.34. The third-order valence-corrected chi connectivity index (χ3v) is 7.19. The third-order valence-electron chi connectivity index (χ3n) is 7.19. The van der Waals surface area contributed by atoms with Crippen molar-refractivity contribution in [3.8, 4) is 16.9 Å². The number of benzene rings is 1. The number of aliphatic hydroxyl groups is 1. The van der Waals surface area contributed by atoms with Crippen LogP contribution in [-0.2, 0) is 6.54 Å². The summed E-state index contributed by atoms with van der Waals surface area (Å²) in [5, 5.41) is 10.6. The van der Waals surface area contributed by atoms with Gasteiger partial charge in [0.05, 0.1) is 24.2 Å². The molecule has 0 aliphatic carbocycles. The number of nitrogens with two attached hydrogens (primary N) is 1. The number of piperidine rings is 1. The number of ether oxygens (including phenoxy) is 1. The lowest BCUT2D eigenvalue weighted by atomic mass is 9.88. The van der Waals surface area contributed by atoms with E-state index in [4.69, 9.17) is 10.5 Å². The molecule has 2 unspecified atom stereocenters. The molecule has 2 aromatic heterocycles. The van der Waals surface area contributed by atoms with Crippen LogP contribution in [-0.4, -0.2) is 66.7 Å². The second-order valence-electron chi connectivity index (χ2n) is 9.79. The average molecular weight is 449 g/mol. The van der Waals surface area contributed by atoms with Gasteiger partial charge in [-0.1, -0.05) is 6.07 Å². The number of fused-ring (bicyclic) bond motifs is 4. The van der Waals surface area contributed by atoms with E-state index in [0.717, 1.165) is 40.8 Å². The number of rotatable bonds is 1. The molecule has 2 atom stereocenters. The van der Waals surface area contributed by atoms with E-state index in [1.165, 1.54) is 0 Å². The van der Waals surface area contributed by atoms with Crippen LogP contribution in [0.15, 0.2) is 30.5 Å². The molecule has 3 aliphatic rings. The Kier molecular flexibility index (Phi) is 4.52. The van der Waals surface area contributed by atoms with Crippen molar-refractivity contribution in [1.82, 2.24) is 24.8 Å². The Morgan fingerprint density at radius 2 is 2.03 bits per heavy atom. The Hall–Kier alpha value is -3.33. The molecule has 9 heteroatoms. The molecule has 6 rings (SSSR count). The number of H-pyrrole nitrogens is 1. The summed E-state index contributed by atoms with van der Waals surface area (Å²) in [6, 6.07) is 8.29. The number of aromatic amines is 1. The van der Waals surface area contributed by atoms with Crippen LogP contribution < -0.4 is 10.5 Å². The van der Waals surface area contributed by atoms with Gasteiger partial charge in [-0.15, -0.1) is 0 Å². The van der Waals surface area contributed by atoms with Gasteiger partial charge in [-0.2, -0.15) is 4.98 Å². The van der Waals surface area contributed by atoms with E-state index in [9.17, 15) is 9.90 Å². The molecule has 9 nitrogen and oxygen atoms in total. The van der Waals surface area contributed by atoms with E-state index < -0.39 is 5.60 Å². The van der Waals surface area contributed by atoms with Crippen molar-refractivity contribution >= 4 is 23.1 Å². The van der Waals surface area contributed by atoms with E-state index in [-0.39, 0.29) is 18.1 Å². The number of hydrogen-bond acceptors (Lipinski definition) is 6. The van der Waals surface area contributed by atoms with Gasteiger partial charge in [0.25, 0.3) is 0 Å². The van der Waals surface area contributed by atoms with Gasteiger partial charge in [-0.3, -0.25) is 0 Å². The summed E-state index contributed by atoms with van der Waals surface area (Å²) in [5.74, 6) is 1.14. The molecule has 0 radical (unpaired) electrons. The monoisotopic (exact) mass is 448 g/mol. The molecule has 1 aromatic carbocycles. The predicted molar refractivity (Wildman–Crippen MR) is 124 cm³/mol. The molecule has 4 N–H and O–H groups in total. The minimum Gasteiger partial charge on any atom is -0.491 e. The highest BCUT2D eigenvalue weighted by molar-refractivity contribution is 5.80. The average Bonchev–Trinajstić information content (AvgIpc) is 3.19. The molecule has 2 fully saturated rings. The lowest BCUT2D eigenvalue weighted by molar-refractivity contribution is -0.0290. The molecule has 2 saturated heterocycles. The topological polar surface area (TPSA) is 121 Å². The van der Waals surface area contributed by atoms with E-state index >= 15 is 0 Å². The molecule has 172 valence electrons. The Bertz CT molecular complexity index is 1220. The van der Waals surface area contributed by atoms with Crippen molar-refractivity contribution < 1.29 is 14.6 Å². The molecule has 3 aliphatic heterocycles. The summed E-state index contributed by atoms with van der Waals surface area (Å²) >= 11 is 0. The number of nitrogen functional groups attached to an aromatic ring is 1. The SMILES string of the molecule is CC1(O)CC2CCC(C1)N2C(=O)N1CCOc2ccc(-c3cnc4nc(N)[nH]c4c3)cc2C1. The first-order valence-corrected chi connectivity index (χ1v) is 11.5. The first-order chi connectivity index (χ1) is 15.9. The highest BCUT2D eigenvalue weighted by Gasteiger charge is 2.48. The number of imidazole rings is 1. The smallest absolute Gasteiger partial charge is 0.320 e. The fourth-order valence-corrected chi connectivity index (χ4v) is 5.75. The molecule has 2 amide bonds. The minimum atomic E-state index is -0.680. The van der Waals surface area contributed by atoms with Crippen LogP contribution in [0.3, 0.4) is 0 Å². The van der Waals surface area contributed by atoms with Gasteiger partial charge in [-0.05, 0) is 56.4 Å². The lowest BCUT2D eigenvalue weighted by Crippen LogP contribution is -2.56. The fourth-order valence-electron chi connectivity index (χ4n) is 5.75. The van der Waals surface area contributed by atoms with Crippen molar-refractivity contribution in [3.63, 3.8) is 0 Å². The summed E-state index contributed by atoms with van der Waals surface area (Å²) in [7, 11) is 0. The second kappa shape index (κ2) is 7.34. The van der Waals surface area contributed by atoms with Gasteiger partial charge in [0.1, 0.15) is 12.4 Å². The van der Waals surface area contributed by atoms with Crippen LogP contribution >= 0.6 is 0 Å². The zero-order chi connectivity index (χ0) is 22.7. The lowest BCUT2D eigenvalue weighted by Gasteiger charge is -2.43. The minimum absolute atomic E-state index is 0.0517. The van der Waals surface area contributed by atoms with Crippen molar-refractivity contribution in [1.29, 1.82) is 0 Å². The first-order valence-electron chi connectivity index (χ1n) is 11.5. The van der Waals surface area contributed by atoms with E-state index in [2.05, 4.69) is 21.0 Å². The molecule has 33 heavy (non-hydrogen) atoms. The van der Waals surface area contributed by atoms with Gasteiger partial charge in [0.15, 0.2) is 11.6 Å². The van der Waals surface area contributed by atoms with Crippen LogP contribution in [0.25, 0.3) is 22.3 Å². The van der Waals surface area contributed by atoms with Gasteiger partial charge in [0, 0.05) is 29.4 Å². The van der Waals surface area contributed by atoms with Crippen LogP contribution in [0.4, 0.5) is 10.7 Å². The number of hydrogen-bond donors (Lipinski definition) is 3. The fraction of sp³-hybridized carbons (Fsp3) is 0.458. The number of anilines is 1. The quantitative estimate of drug-likeness (QED) is 0.526. The number of aromatic nitrogens is 3. The molecule has 3 aromatic rings. The summed E-state index contributed by atoms with van der Waals surface area (Å²) in [6.45, 7) is 3.37. The molecule has 0 saturated carbocycles. The van der Waals surface area contributed by atoms with Crippen molar-refractivity contribution in [2.45, 2.75) is 56.8 Å². The number of carbonyl (C=O) groups excluding carboxylic acids is 1. The number of pyridine rings is 1. The van der Waals surface area contributed by atoms with Crippen LogP contribution in [0.5, 0.6) is 5.75 Å². The maximum atomic E-state index is 13.6. The van der Waals surface area contributed by atoms with Gasteiger partial charge >= 0.3 is 6.03 Å². The number of urea groups is 1. The normalized spacial score (nSPS) is 26.7. The van der Waals surface area contributed by atoms with Gasteiger partial charge < -0.3 is 30.4 Å². The summed E-state index contributed by atoms with van der Waals surface area (Å²) < 4.78 is 5.98. The van der Waals surface area contributed by atoms with Gasteiger partial charge in [-0.25, -0.2) is 9.78 Å². The third kappa shape index (κ3) is 3.56. The maximum absolute atomic E-state index is 13.6. The van der Waals surface area contributed by atoms with E-state index in [1.54, 1.807) is 6.20 Å². The van der Waals surface area contributed by atoms with Crippen LogP contribution in [0.2, 0.25) is 0 Å². The molecule has 5 heterocycles. The maximum Gasteiger partial charge on any atom is 0.320 e. The van der Waals surface area contributed by atoms with Crippen molar-refractivity contribution in [2.24, 2.45) is 0 Å². The van der Waals surface area contributed by atoms with E-state index in [1.807, 2.05) is 34.9 Å². The Morgan fingerprint density at radius 1 is 1.24 bits per heavy atom.